The molecule has 1 fully saturated rings. The lowest BCUT2D eigenvalue weighted by Gasteiger charge is -2.04. The van der Waals surface area contributed by atoms with Crippen LogP contribution in [0.4, 0.5) is 0 Å². The number of nitrogens with one attached hydrogen (secondary N) is 1. The van der Waals surface area contributed by atoms with Crippen molar-refractivity contribution in [2.24, 2.45) is 0 Å². The molecule has 2 aliphatic rings. The van der Waals surface area contributed by atoms with Crippen molar-refractivity contribution in [1.29, 1.82) is 0 Å². The number of aromatic nitrogens is 1. The number of furan rings is 1. The first kappa shape index (κ1) is 13.4. The van der Waals surface area contributed by atoms with Crippen LogP contribution in [0.3, 0.4) is 0 Å². The van der Waals surface area contributed by atoms with Gasteiger partial charge in [0.05, 0.1) is 0 Å². The van der Waals surface area contributed by atoms with Crippen molar-refractivity contribution in [3.05, 3.63) is 47.9 Å². The molecule has 2 aromatic carbocycles. The highest BCUT2D eigenvalue weighted by Crippen LogP contribution is 2.52. The predicted molar refractivity (Wildman–Crippen MR) is 96.3 cm³/mol. The van der Waals surface area contributed by atoms with Gasteiger partial charge in [0, 0.05) is 45.1 Å². The third-order valence-electron chi connectivity index (χ3n) is 5.30. The van der Waals surface area contributed by atoms with Crippen LogP contribution in [-0.2, 0) is 0 Å². The van der Waals surface area contributed by atoms with E-state index in [1.165, 1.54) is 35.0 Å². The largest absolute Gasteiger partial charge is 0.460 e. The summed E-state index contributed by atoms with van der Waals surface area (Å²) in [4.78, 5) is 3.52. The highest BCUT2D eigenvalue weighted by molar-refractivity contribution is 6.07. The number of fused-ring (bicyclic) bond motifs is 3. The topological polar surface area (TPSA) is 47.4 Å². The fourth-order valence-electron chi connectivity index (χ4n) is 3.99. The van der Waals surface area contributed by atoms with Crippen molar-refractivity contribution in [1.82, 2.24) is 4.98 Å². The highest BCUT2D eigenvalue weighted by Gasteiger charge is 2.34. The molecular formula is C21H17NO3. The smallest absolute Gasteiger partial charge is 0.231 e. The van der Waals surface area contributed by atoms with Crippen molar-refractivity contribution >= 4 is 21.9 Å². The first-order chi connectivity index (χ1) is 12.3. The summed E-state index contributed by atoms with van der Waals surface area (Å²) in [6, 6.07) is 12.5. The summed E-state index contributed by atoms with van der Waals surface area (Å²) in [6.07, 6.45) is 2.39. The van der Waals surface area contributed by atoms with E-state index in [1.807, 2.05) is 6.07 Å². The Balaban J connectivity index is 1.73. The Morgan fingerprint density at radius 1 is 0.960 bits per heavy atom. The van der Waals surface area contributed by atoms with E-state index in [0.717, 1.165) is 33.7 Å². The van der Waals surface area contributed by atoms with Gasteiger partial charge in [-0.2, -0.15) is 0 Å². The molecule has 0 amide bonds. The molecule has 1 saturated carbocycles. The Morgan fingerprint density at radius 2 is 1.76 bits per heavy atom. The van der Waals surface area contributed by atoms with Gasteiger partial charge in [0.1, 0.15) is 11.3 Å². The molecule has 4 heteroatoms. The average Bonchev–Trinajstić information content (AvgIpc) is 3.12. The number of aryl methyl sites for hydroxylation is 1. The Bertz CT molecular complexity index is 1150. The summed E-state index contributed by atoms with van der Waals surface area (Å²) in [5.74, 6) is 3.19. The van der Waals surface area contributed by atoms with E-state index in [4.69, 9.17) is 13.9 Å². The first-order valence-electron chi connectivity index (χ1n) is 8.73. The number of hydrogen-bond donors (Lipinski definition) is 1. The lowest BCUT2D eigenvalue weighted by molar-refractivity contribution is 0.174. The van der Waals surface area contributed by atoms with Gasteiger partial charge in [0.15, 0.2) is 11.5 Å². The molecule has 0 unspecified atom stereocenters. The summed E-state index contributed by atoms with van der Waals surface area (Å²) < 4.78 is 17.5. The lowest BCUT2D eigenvalue weighted by Crippen LogP contribution is -1.92. The maximum Gasteiger partial charge on any atom is 0.231 e. The van der Waals surface area contributed by atoms with E-state index < -0.39 is 0 Å². The Hall–Kier alpha value is -2.88. The maximum atomic E-state index is 6.33. The molecular weight excluding hydrogens is 314 g/mol. The molecule has 0 atom stereocenters. The molecule has 6 rings (SSSR count). The number of para-hydroxylation sites is 1. The van der Waals surface area contributed by atoms with Crippen LogP contribution < -0.4 is 9.47 Å². The molecule has 0 bridgehead atoms. The van der Waals surface area contributed by atoms with Gasteiger partial charge in [-0.05, 0) is 31.9 Å². The molecule has 25 heavy (non-hydrogen) atoms. The summed E-state index contributed by atoms with van der Waals surface area (Å²) in [7, 11) is 0. The molecule has 0 saturated heterocycles. The Labute approximate surface area is 144 Å². The fraction of sp³-hybridized carbons (Fsp3) is 0.238. The maximum absolute atomic E-state index is 6.33. The van der Waals surface area contributed by atoms with E-state index in [2.05, 4.69) is 42.2 Å². The average molecular weight is 331 g/mol. The second-order valence-corrected chi connectivity index (χ2v) is 6.99. The van der Waals surface area contributed by atoms with Gasteiger partial charge in [-0.1, -0.05) is 18.2 Å². The third-order valence-corrected chi connectivity index (χ3v) is 5.30. The standard InChI is InChI=1S/C21H17NO3/c1-11-19(13-4-2-3-5-15(13)22-11)20-14-8-17-18(24-10-23-17)9-16(14)25-21(20)12-6-7-12/h2-5,8-9,12,22H,6-7,10H2,1H3. The van der Waals surface area contributed by atoms with Crippen molar-refractivity contribution < 1.29 is 13.9 Å². The minimum atomic E-state index is 0.277. The minimum absolute atomic E-state index is 0.277. The van der Waals surface area contributed by atoms with Crippen LogP contribution >= 0.6 is 0 Å². The van der Waals surface area contributed by atoms with Gasteiger partial charge in [-0.25, -0.2) is 0 Å². The summed E-state index contributed by atoms with van der Waals surface area (Å²) in [6.45, 7) is 2.41. The number of aromatic amines is 1. The molecule has 1 aliphatic carbocycles. The van der Waals surface area contributed by atoms with Crippen LogP contribution in [0.25, 0.3) is 33.0 Å². The van der Waals surface area contributed by atoms with E-state index in [1.54, 1.807) is 0 Å². The third kappa shape index (κ3) is 1.82. The first-order valence-corrected chi connectivity index (χ1v) is 8.73. The quantitative estimate of drug-likeness (QED) is 0.528. The zero-order chi connectivity index (χ0) is 16.5. The fourth-order valence-corrected chi connectivity index (χ4v) is 3.99. The lowest BCUT2D eigenvalue weighted by atomic mass is 9.97. The van der Waals surface area contributed by atoms with Crippen molar-refractivity contribution in [2.45, 2.75) is 25.7 Å². The van der Waals surface area contributed by atoms with Crippen molar-refractivity contribution in [3.63, 3.8) is 0 Å². The van der Waals surface area contributed by atoms with Gasteiger partial charge < -0.3 is 18.9 Å². The highest BCUT2D eigenvalue weighted by atomic mass is 16.7. The van der Waals surface area contributed by atoms with Crippen LogP contribution in [0.1, 0.15) is 30.2 Å². The molecule has 1 aliphatic heterocycles. The molecule has 1 N–H and O–H groups in total. The second kappa shape index (κ2) is 4.60. The second-order valence-electron chi connectivity index (χ2n) is 6.99. The van der Waals surface area contributed by atoms with Gasteiger partial charge in [-0.3, -0.25) is 0 Å². The Kier molecular flexibility index (Phi) is 2.47. The van der Waals surface area contributed by atoms with Crippen LogP contribution in [0.5, 0.6) is 11.5 Å². The predicted octanol–water partition coefficient (Wildman–Crippen LogP) is 5.50. The molecule has 124 valence electrons. The number of hydrogen-bond acceptors (Lipinski definition) is 3. The summed E-state index contributed by atoms with van der Waals surface area (Å²) >= 11 is 0. The van der Waals surface area contributed by atoms with Crippen LogP contribution in [-0.4, -0.2) is 11.8 Å². The van der Waals surface area contributed by atoms with Crippen molar-refractivity contribution in [2.75, 3.05) is 6.79 Å². The van der Waals surface area contributed by atoms with Crippen LogP contribution in [0, 0.1) is 6.92 Å². The van der Waals surface area contributed by atoms with Gasteiger partial charge in [-0.15, -0.1) is 0 Å². The number of benzene rings is 2. The van der Waals surface area contributed by atoms with Crippen LogP contribution in [0.2, 0.25) is 0 Å². The zero-order valence-corrected chi connectivity index (χ0v) is 13.9. The number of H-pyrrole nitrogens is 1. The van der Waals surface area contributed by atoms with Gasteiger partial charge in [0.25, 0.3) is 0 Å². The normalized spacial score (nSPS) is 16.2. The van der Waals surface area contributed by atoms with E-state index in [0.29, 0.717) is 5.92 Å². The molecule has 4 aromatic rings. The van der Waals surface area contributed by atoms with E-state index >= 15 is 0 Å². The van der Waals surface area contributed by atoms with Gasteiger partial charge >= 0.3 is 0 Å². The molecule has 3 heterocycles. The Morgan fingerprint density at radius 3 is 2.60 bits per heavy atom. The van der Waals surface area contributed by atoms with Crippen LogP contribution in [0.15, 0.2) is 40.8 Å². The molecule has 4 nitrogen and oxygen atoms in total. The SMILES string of the molecule is Cc1[nH]c2ccccc2c1-c1c(C2CC2)oc2cc3c(cc12)OCO3. The van der Waals surface area contributed by atoms with Crippen molar-refractivity contribution in [3.8, 4) is 22.6 Å². The van der Waals surface area contributed by atoms with E-state index in [-0.39, 0.29) is 6.79 Å². The number of ether oxygens (including phenoxy) is 2. The van der Waals surface area contributed by atoms with E-state index in [9.17, 15) is 0 Å². The zero-order valence-electron chi connectivity index (χ0n) is 13.9. The summed E-state index contributed by atoms with van der Waals surface area (Å²) in [5.41, 5.74) is 5.67. The molecule has 0 spiro atoms. The minimum Gasteiger partial charge on any atom is -0.460 e. The molecule has 2 aromatic heterocycles. The van der Waals surface area contributed by atoms with Gasteiger partial charge in [0.2, 0.25) is 6.79 Å². The summed E-state index contributed by atoms with van der Waals surface area (Å²) in [5, 5.41) is 2.35. The molecule has 0 radical (unpaired) electrons. The number of rotatable bonds is 2. The monoisotopic (exact) mass is 331 g/mol.